The Balaban J connectivity index is 1.56. The third-order valence-electron chi connectivity index (χ3n) is 6.62. The molecule has 0 aromatic heterocycles. The van der Waals surface area contributed by atoms with Gasteiger partial charge in [-0.3, -0.25) is 9.59 Å². The fourth-order valence-electron chi connectivity index (χ4n) is 5.00. The van der Waals surface area contributed by atoms with Crippen molar-refractivity contribution in [3.8, 4) is 0 Å². The van der Waals surface area contributed by atoms with Crippen LogP contribution in [0.25, 0.3) is 0 Å². The standard InChI is InChI=1S/C24H33NO4/c1-24(28,19-9-5-3-6-10-19)16-25-23(27)22-18-14-13-17(15-18)20(22)11-7-4-8-12-21(26)29-2/h3,5-7,9-11,17-18,20,22,28H,4,8,12-16H2,1-2H3,(H,25,27). The van der Waals surface area contributed by atoms with Gasteiger partial charge in [0.1, 0.15) is 5.60 Å². The third-order valence-corrected chi connectivity index (χ3v) is 6.62. The van der Waals surface area contributed by atoms with Gasteiger partial charge in [0, 0.05) is 12.3 Å². The van der Waals surface area contributed by atoms with Gasteiger partial charge >= 0.3 is 5.97 Å². The van der Waals surface area contributed by atoms with Crippen molar-refractivity contribution < 1.29 is 19.4 Å². The number of nitrogens with one attached hydrogen (secondary N) is 1. The number of fused-ring (bicyclic) bond motifs is 2. The molecule has 5 unspecified atom stereocenters. The maximum atomic E-state index is 13.0. The number of benzene rings is 1. The van der Waals surface area contributed by atoms with E-state index >= 15 is 0 Å². The fourth-order valence-corrected chi connectivity index (χ4v) is 5.00. The number of unbranched alkanes of at least 4 members (excludes halogenated alkanes) is 1. The van der Waals surface area contributed by atoms with Gasteiger partial charge in [-0.25, -0.2) is 0 Å². The van der Waals surface area contributed by atoms with Crippen LogP contribution in [0.4, 0.5) is 0 Å². The molecule has 1 amide bonds. The predicted molar refractivity (Wildman–Crippen MR) is 112 cm³/mol. The second-order valence-corrected chi connectivity index (χ2v) is 8.69. The van der Waals surface area contributed by atoms with E-state index in [1.54, 1.807) is 6.92 Å². The van der Waals surface area contributed by atoms with Gasteiger partial charge in [-0.15, -0.1) is 0 Å². The summed E-state index contributed by atoms with van der Waals surface area (Å²) in [6.07, 6.45) is 9.74. The monoisotopic (exact) mass is 399 g/mol. The predicted octanol–water partition coefficient (Wildman–Crippen LogP) is 3.57. The molecule has 2 fully saturated rings. The molecule has 29 heavy (non-hydrogen) atoms. The molecule has 2 bridgehead atoms. The SMILES string of the molecule is COC(=O)CCCC=CC1C2CCC(C2)C1C(=O)NCC(C)(O)c1ccccc1. The maximum absolute atomic E-state index is 13.0. The van der Waals surface area contributed by atoms with E-state index in [1.807, 2.05) is 30.3 Å². The Morgan fingerprint density at radius 2 is 1.97 bits per heavy atom. The summed E-state index contributed by atoms with van der Waals surface area (Å²) < 4.78 is 4.67. The molecule has 0 aliphatic heterocycles. The molecular weight excluding hydrogens is 366 g/mol. The molecule has 2 aliphatic rings. The number of methoxy groups -OCH3 is 1. The van der Waals surface area contributed by atoms with Gasteiger partial charge in [0.05, 0.1) is 13.7 Å². The molecule has 5 nitrogen and oxygen atoms in total. The minimum Gasteiger partial charge on any atom is -0.469 e. The van der Waals surface area contributed by atoms with Gasteiger partial charge < -0.3 is 15.2 Å². The largest absolute Gasteiger partial charge is 0.469 e. The first-order valence-electron chi connectivity index (χ1n) is 10.7. The van der Waals surface area contributed by atoms with Crippen LogP contribution in [0.1, 0.15) is 51.0 Å². The molecule has 0 saturated heterocycles. The topological polar surface area (TPSA) is 75.6 Å². The van der Waals surface area contributed by atoms with E-state index < -0.39 is 5.60 Å². The second-order valence-electron chi connectivity index (χ2n) is 8.69. The minimum atomic E-state index is -1.09. The Bertz CT molecular complexity index is 728. The first kappa shape index (κ1) is 21.6. The molecule has 2 saturated carbocycles. The van der Waals surface area contributed by atoms with Crippen molar-refractivity contribution in [3.05, 3.63) is 48.0 Å². The van der Waals surface area contributed by atoms with Crippen LogP contribution in [0.3, 0.4) is 0 Å². The van der Waals surface area contributed by atoms with Crippen LogP contribution >= 0.6 is 0 Å². The highest BCUT2D eigenvalue weighted by atomic mass is 16.5. The van der Waals surface area contributed by atoms with Crippen LogP contribution < -0.4 is 5.32 Å². The molecule has 0 heterocycles. The molecule has 5 atom stereocenters. The Morgan fingerprint density at radius 3 is 2.69 bits per heavy atom. The number of rotatable bonds is 9. The summed E-state index contributed by atoms with van der Waals surface area (Å²) in [5.41, 5.74) is -0.288. The molecule has 3 rings (SSSR count). The Hall–Kier alpha value is -2.14. The second kappa shape index (κ2) is 9.57. The van der Waals surface area contributed by atoms with Crippen LogP contribution in [0.2, 0.25) is 0 Å². The third kappa shape index (κ3) is 5.27. The average molecular weight is 400 g/mol. The van der Waals surface area contributed by atoms with E-state index in [0.29, 0.717) is 18.3 Å². The lowest BCUT2D eigenvalue weighted by atomic mass is 9.78. The van der Waals surface area contributed by atoms with Gasteiger partial charge in [0.2, 0.25) is 5.91 Å². The average Bonchev–Trinajstić information content (AvgIpc) is 3.34. The Morgan fingerprint density at radius 1 is 1.24 bits per heavy atom. The first-order chi connectivity index (χ1) is 13.9. The van der Waals surface area contributed by atoms with Crippen molar-refractivity contribution in [2.75, 3.05) is 13.7 Å². The highest BCUT2D eigenvalue weighted by Gasteiger charge is 2.49. The Kier molecular flexibility index (Phi) is 7.12. The van der Waals surface area contributed by atoms with Crippen LogP contribution in [-0.2, 0) is 19.9 Å². The summed E-state index contributed by atoms with van der Waals surface area (Å²) in [6.45, 7) is 1.95. The highest BCUT2D eigenvalue weighted by Crippen LogP contribution is 2.53. The van der Waals surface area contributed by atoms with Gasteiger partial charge in [-0.2, -0.15) is 0 Å². The number of hydrogen-bond donors (Lipinski definition) is 2. The summed E-state index contributed by atoms with van der Waals surface area (Å²) in [4.78, 5) is 24.2. The van der Waals surface area contributed by atoms with E-state index in [4.69, 9.17) is 0 Å². The lowest BCUT2D eigenvalue weighted by Gasteiger charge is -2.30. The van der Waals surface area contributed by atoms with Crippen LogP contribution in [0.15, 0.2) is 42.5 Å². The van der Waals surface area contributed by atoms with Gasteiger partial charge in [0.25, 0.3) is 0 Å². The summed E-state index contributed by atoms with van der Waals surface area (Å²) in [6, 6.07) is 9.45. The zero-order chi connectivity index (χ0) is 20.9. The number of ether oxygens (including phenoxy) is 1. The Labute approximate surface area is 173 Å². The molecule has 0 radical (unpaired) electrons. The van der Waals surface area contributed by atoms with Crippen LogP contribution in [0.5, 0.6) is 0 Å². The number of carbonyl (C=O) groups is 2. The normalized spacial score (nSPS) is 27.7. The zero-order valence-electron chi connectivity index (χ0n) is 17.5. The van der Waals surface area contributed by atoms with Crippen molar-refractivity contribution >= 4 is 11.9 Å². The molecule has 2 aliphatic carbocycles. The lowest BCUT2D eigenvalue weighted by molar-refractivity contribution is -0.140. The molecule has 158 valence electrons. The van der Waals surface area contributed by atoms with Crippen molar-refractivity contribution in [1.82, 2.24) is 5.32 Å². The van der Waals surface area contributed by atoms with Gasteiger partial charge in [0.15, 0.2) is 0 Å². The van der Waals surface area contributed by atoms with Crippen molar-refractivity contribution in [2.24, 2.45) is 23.7 Å². The fraction of sp³-hybridized carbons (Fsp3) is 0.583. The molecule has 1 aromatic rings. The van der Waals surface area contributed by atoms with Crippen LogP contribution in [0, 0.1) is 23.7 Å². The van der Waals surface area contributed by atoms with E-state index in [-0.39, 0.29) is 30.3 Å². The van der Waals surface area contributed by atoms with E-state index in [1.165, 1.54) is 13.5 Å². The first-order valence-corrected chi connectivity index (χ1v) is 10.7. The number of amides is 1. The summed E-state index contributed by atoms with van der Waals surface area (Å²) in [7, 11) is 1.41. The minimum absolute atomic E-state index is 0.0165. The number of aliphatic hydroxyl groups is 1. The summed E-state index contributed by atoms with van der Waals surface area (Å²) in [5, 5.41) is 13.8. The summed E-state index contributed by atoms with van der Waals surface area (Å²) in [5.74, 6) is 1.12. The number of allylic oxidation sites excluding steroid dienone is 2. The van der Waals surface area contributed by atoms with E-state index in [2.05, 4.69) is 22.2 Å². The molecule has 1 aromatic carbocycles. The smallest absolute Gasteiger partial charge is 0.305 e. The van der Waals surface area contributed by atoms with Crippen LogP contribution in [-0.4, -0.2) is 30.6 Å². The number of carbonyl (C=O) groups excluding carboxylic acids is 2. The quantitative estimate of drug-likeness (QED) is 0.378. The molecule has 2 N–H and O–H groups in total. The summed E-state index contributed by atoms with van der Waals surface area (Å²) >= 11 is 0. The van der Waals surface area contributed by atoms with E-state index in [0.717, 1.165) is 31.2 Å². The van der Waals surface area contributed by atoms with E-state index in [9.17, 15) is 14.7 Å². The number of esters is 1. The number of hydrogen-bond acceptors (Lipinski definition) is 4. The maximum Gasteiger partial charge on any atom is 0.305 e. The zero-order valence-corrected chi connectivity index (χ0v) is 17.5. The van der Waals surface area contributed by atoms with Crippen molar-refractivity contribution in [3.63, 3.8) is 0 Å². The van der Waals surface area contributed by atoms with Gasteiger partial charge in [-0.05, 0) is 62.3 Å². The highest BCUT2D eigenvalue weighted by molar-refractivity contribution is 5.80. The van der Waals surface area contributed by atoms with Gasteiger partial charge in [-0.1, -0.05) is 42.5 Å². The van der Waals surface area contributed by atoms with Crippen molar-refractivity contribution in [1.29, 1.82) is 0 Å². The molecule has 5 heteroatoms. The molecular formula is C24H33NO4. The van der Waals surface area contributed by atoms with Crippen molar-refractivity contribution in [2.45, 2.75) is 51.0 Å². The lowest BCUT2D eigenvalue weighted by Crippen LogP contribution is -2.44. The molecule has 0 spiro atoms.